The van der Waals surface area contributed by atoms with Crippen LogP contribution in [0.3, 0.4) is 0 Å². The van der Waals surface area contributed by atoms with Crippen LogP contribution in [0.25, 0.3) is 10.2 Å². The molecule has 1 unspecified atom stereocenters. The van der Waals surface area contributed by atoms with E-state index in [1.807, 2.05) is 23.1 Å². The molecule has 3 aromatic rings. The van der Waals surface area contributed by atoms with Crippen LogP contribution in [-0.2, 0) is 4.79 Å². The van der Waals surface area contributed by atoms with Crippen LogP contribution in [-0.4, -0.2) is 28.9 Å². The third-order valence-corrected chi connectivity index (χ3v) is 5.91. The molecule has 6 heteroatoms. The van der Waals surface area contributed by atoms with Crippen molar-refractivity contribution >= 4 is 27.5 Å². The van der Waals surface area contributed by atoms with Gasteiger partial charge in [0.2, 0.25) is 5.91 Å². The molecule has 2 heterocycles. The molecule has 0 aliphatic carbocycles. The normalized spacial score (nSPS) is 16.8. The number of rotatable bonds is 6. The number of thiazole rings is 1. The molecule has 4 nitrogen and oxygen atoms in total. The molecular weight excluding hydrogens is 363 g/mol. The van der Waals surface area contributed by atoms with Gasteiger partial charge in [0.25, 0.3) is 0 Å². The van der Waals surface area contributed by atoms with Gasteiger partial charge in [-0.15, -0.1) is 11.3 Å². The summed E-state index contributed by atoms with van der Waals surface area (Å²) in [6.07, 6.45) is 3.01. The Balaban J connectivity index is 1.33. The number of hydrogen-bond acceptors (Lipinski definition) is 4. The minimum Gasteiger partial charge on any atom is -0.493 e. The zero-order valence-corrected chi connectivity index (χ0v) is 15.8. The van der Waals surface area contributed by atoms with Gasteiger partial charge in [-0.2, -0.15) is 0 Å². The molecule has 4 rings (SSSR count). The van der Waals surface area contributed by atoms with Gasteiger partial charge in [-0.1, -0.05) is 18.2 Å². The summed E-state index contributed by atoms with van der Waals surface area (Å²) in [7, 11) is 0. The second kappa shape index (κ2) is 8.05. The van der Waals surface area contributed by atoms with Gasteiger partial charge in [0.1, 0.15) is 16.6 Å². The standard InChI is InChI=1S/C21H21FN2O2S/c22-15-6-3-7-16(14-15)26-13-5-11-20(25)24-12-4-9-18(24)21-23-17-8-1-2-10-19(17)27-21/h1-3,6-8,10,14,18H,4-5,9,11-13H2. The van der Waals surface area contributed by atoms with Gasteiger partial charge >= 0.3 is 0 Å². The smallest absolute Gasteiger partial charge is 0.223 e. The number of fused-ring (bicyclic) bond motifs is 1. The van der Waals surface area contributed by atoms with Gasteiger partial charge in [0.15, 0.2) is 0 Å². The van der Waals surface area contributed by atoms with E-state index in [0.717, 1.165) is 34.6 Å². The first-order valence-corrected chi connectivity index (χ1v) is 10.1. The quantitative estimate of drug-likeness (QED) is 0.564. The number of benzene rings is 2. The second-order valence-corrected chi connectivity index (χ2v) is 7.74. The summed E-state index contributed by atoms with van der Waals surface area (Å²) in [5, 5.41) is 1.03. The third-order valence-electron chi connectivity index (χ3n) is 4.77. The number of hydrogen-bond donors (Lipinski definition) is 0. The Morgan fingerprint density at radius 1 is 1.26 bits per heavy atom. The van der Waals surface area contributed by atoms with E-state index in [1.54, 1.807) is 23.5 Å². The van der Waals surface area contributed by atoms with Crippen molar-refractivity contribution in [3.8, 4) is 5.75 Å². The molecule has 1 saturated heterocycles. The Labute approximate surface area is 161 Å². The summed E-state index contributed by atoms with van der Waals surface area (Å²) >= 11 is 1.68. The van der Waals surface area contributed by atoms with Gasteiger partial charge in [0, 0.05) is 19.0 Å². The van der Waals surface area contributed by atoms with E-state index in [4.69, 9.17) is 9.72 Å². The molecule has 140 valence electrons. The summed E-state index contributed by atoms with van der Waals surface area (Å²) in [5.74, 6) is 0.315. The van der Waals surface area contributed by atoms with Crippen LogP contribution >= 0.6 is 11.3 Å². The van der Waals surface area contributed by atoms with E-state index in [-0.39, 0.29) is 17.8 Å². The molecule has 0 saturated carbocycles. The predicted octanol–water partition coefficient (Wildman–Crippen LogP) is 4.96. The summed E-state index contributed by atoms with van der Waals surface area (Å²) in [5.41, 5.74) is 1.00. The number of likely N-dealkylation sites (tertiary alicyclic amines) is 1. The van der Waals surface area contributed by atoms with Gasteiger partial charge in [0.05, 0.1) is 22.9 Å². The van der Waals surface area contributed by atoms with Crippen molar-refractivity contribution in [2.75, 3.05) is 13.2 Å². The van der Waals surface area contributed by atoms with E-state index in [2.05, 4.69) is 6.07 Å². The average Bonchev–Trinajstić information content (AvgIpc) is 3.31. The monoisotopic (exact) mass is 384 g/mol. The average molecular weight is 384 g/mol. The topological polar surface area (TPSA) is 42.4 Å². The van der Waals surface area contributed by atoms with Crippen molar-refractivity contribution in [3.63, 3.8) is 0 Å². The van der Waals surface area contributed by atoms with Crippen molar-refractivity contribution in [1.29, 1.82) is 0 Å². The van der Waals surface area contributed by atoms with Gasteiger partial charge in [-0.25, -0.2) is 9.37 Å². The lowest BCUT2D eigenvalue weighted by Crippen LogP contribution is -2.30. The number of para-hydroxylation sites is 1. The van der Waals surface area contributed by atoms with E-state index in [0.29, 0.717) is 25.2 Å². The van der Waals surface area contributed by atoms with E-state index < -0.39 is 0 Å². The zero-order chi connectivity index (χ0) is 18.6. The summed E-state index contributed by atoms with van der Waals surface area (Å²) in [6.45, 7) is 1.18. The fraction of sp³-hybridized carbons (Fsp3) is 0.333. The Hall–Kier alpha value is -2.47. The molecule has 0 bridgehead atoms. The van der Waals surface area contributed by atoms with Gasteiger partial charge in [-0.3, -0.25) is 4.79 Å². The number of aromatic nitrogens is 1. The molecule has 0 N–H and O–H groups in total. The minimum atomic E-state index is -0.320. The minimum absolute atomic E-state index is 0.0824. The maximum absolute atomic E-state index is 13.1. The Bertz CT molecular complexity index is 910. The lowest BCUT2D eigenvalue weighted by molar-refractivity contribution is -0.132. The van der Waals surface area contributed by atoms with E-state index in [9.17, 15) is 9.18 Å². The molecule has 27 heavy (non-hydrogen) atoms. The maximum Gasteiger partial charge on any atom is 0.223 e. The Morgan fingerprint density at radius 2 is 2.15 bits per heavy atom. The Morgan fingerprint density at radius 3 is 3.00 bits per heavy atom. The molecule has 1 aliphatic heterocycles. The molecule has 1 atom stereocenters. The van der Waals surface area contributed by atoms with Crippen LogP contribution in [0.15, 0.2) is 48.5 Å². The number of halogens is 1. The van der Waals surface area contributed by atoms with Crippen LogP contribution < -0.4 is 4.74 Å². The molecule has 0 radical (unpaired) electrons. The summed E-state index contributed by atoms with van der Waals surface area (Å²) in [6, 6.07) is 14.2. The highest BCUT2D eigenvalue weighted by Crippen LogP contribution is 2.36. The van der Waals surface area contributed by atoms with Crippen molar-refractivity contribution in [3.05, 3.63) is 59.4 Å². The molecule has 2 aromatic carbocycles. The SMILES string of the molecule is O=C(CCCOc1cccc(F)c1)N1CCCC1c1nc2ccccc2s1. The van der Waals surface area contributed by atoms with Crippen LogP contribution in [0.1, 0.15) is 36.7 Å². The largest absolute Gasteiger partial charge is 0.493 e. The lowest BCUT2D eigenvalue weighted by atomic mass is 10.2. The number of amides is 1. The van der Waals surface area contributed by atoms with Crippen molar-refractivity contribution in [2.24, 2.45) is 0 Å². The predicted molar refractivity (Wildman–Crippen MR) is 104 cm³/mol. The van der Waals surface area contributed by atoms with Crippen LogP contribution in [0.4, 0.5) is 4.39 Å². The second-order valence-electron chi connectivity index (χ2n) is 6.67. The van der Waals surface area contributed by atoms with Crippen LogP contribution in [0.2, 0.25) is 0 Å². The molecule has 1 aliphatic rings. The fourth-order valence-corrected chi connectivity index (χ4v) is 4.58. The van der Waals surface area contributed by atoms with Crippen molar-refractivity contribution < 1.29 is 13.9 Å². The lowest BCUT2D eigenvalue weighted by Gasteiger charge is -2.23. The molecule has 1 amide bonds. The van der Waals surface area contributed by atoms with Gasteiger partial charge in [-0.05, 0) is 43.5 Å². The number of carbonyl (C=O) groups excluding carboxylic acids is 1. The fourth-order valence-electron chi connectivity index (χ4n) is 3.47. The number of nitrogens with zero attached hydrogens (tertiary/aromatic N) is 2. The Kier molecular flexibility index (Phi) is 5.34. The summed E-state index contributed by atoms with van der Waals surface area (Å²) in [4.78, 5) is 19.4. The highest BCUT2D eigenvalue weighted by Gasteiger charge is 2.31. The molecule has 1 fully saturated rings. The van der Waals surface area contributed by atoms with Crippen LogP contribution in [0.5, 0.6) is 5.75 Å². The number of carbonyl (C=O) groups is 1. The maximum atomic E-state index is 13.1. The highest BCUT2D eigenvalue weighted by atomic mass is 32.1. The molecular formula is C21H21FN2O2S. The van der Waals surface area contributed by atoms with Crippen molar-refractivity contribution in [2.45, 2.75) is 31.7 Å². The highest BCUT2D eigenvalue weighted by molar-refractivity contribution is 7.18. The summed E-state index contributed by atoms with van der Waals surface area (Å²) < 4.78 is 19.8. The van der Waals surface area contributed by atoms with E-state index in [1.165, 1.54) is 12.1 Å². The number of ether oxygens (including phenoxy) is 1. The van der Waals surface area contributed by atoms with Crippen LogP contribution in [0, 0.1) is 5.82 Å². The van der Waals surface area contributed by atoms with Crippen molar-refractivity contribution in [1.82, 2.24) is 9.88 Å². The first-order chi connectivity index (χ1) is 13.2. The first-order valence-electron chi connectivity index (χ1n) is 9.24. The first kappa shape index (κ1) is 17.9. The zero-order valence-electron chi connectivity index (χ0n) is 14.9. The molecule has 0 spiro atoms. The molecule has 1 aromatic heterocycles. The van der Waals surface area contributed by atoms with Gasteiger partial charge < -0.3 is 9.64 Å². The van der Waals surface area contributed by atoms with E-state index >= 15 is 0 Å². The third kappa shape index (κ3) is 4.11.